The van der Waals surface area contributed by atoms with Gasteiger partial charge in [-0.15, -0.1) is 0 Å². The molecule has 4 heteroatoms. The third-order valence-corrected chi connectivity index (χ3v) is 3.23. The van der Waals surface area contributed by atoms with Crippen molar-refractivity contribution in [1.82, 2.24) is 10.6 Å². The maximum atomic E-state index is 11.6. The van der Waals surface area contributed by atoms with Crippen molar-refractivity contribution in [1.29, 1.82) is 0 Å². The van der Waals surface area contributed by atoms with E-state index in [9.17, 15) is 4.79 Å². The summed E-state index contributed by atoms with van der Waals surface area (Å²) in [5, 5.41) is 14.7. The summed E-state index contributed by atoms with van der Waals surface area (Å²) in [4.78, 5) is 11.6. The summed E-state index contributed by atoms with van der Waals surface area (Å²) >= 11 is 0. The van der Waals surface area contributed by atoms with Gasteiger partial charge in [-0.25, -0.2) is 4.79 Å². The standard InChI is InChI=1S/C15H24N2O2/c1-3-14(4-2)17-15(19)16-10-9-12-5-7-13(11-18)8-6-12/h5-8,14,18H,3-4,9-11H2,1-2H3,(H2,16,17,19). The van der Waals surface area contributed by atoms with Gasteiger partial charge in [-0.2, -0.15) is 0 Å². The van der Waals surface area contributed by atoms with Crippen molar-refractivity contribution >= 4 is 6.03 Å². The van der Waals surface area contributed by atoms with Gasteiger partial charge in [0.05, 0.1) is 6.61 Å². The van der Waals surface area contributed by atoms with Crippen LogP contribution in [0, 0.1) is 0 Å². The number of hydrogen-bond acceptors (Lipinski definition) is 2. The van der Waals surface area contributed by atoms with E-state index >= 15 is 0 Å². The van der Waals surface area contributed by atoms with E-state index in [1.54, 1.807) is 0 Å². The van der Waals surface area contributed by atoms with Gasteiger partial charge in [0.1, 0.15) is 0 Å². The molecule has 3 N–H and O–H groups in total. The van der Waals surface area contributed by atoms with Crippen LogP contribution in [0.15, 0.2) is 24.3 Å². The lowest BCUT2D eigenvalue weighted by Gasteiger charge is -2.15. The molecule has 19 heavy (non-hydrogen) atoms. The molecule has 1 aromatic carbocycles. The fraction of sp³-hybridized carbons (Fsp3) is 0.533. The Morgan fingerprint density at radius 2 is 1.74 bits per heavy atom. The van der Waals surface area contributed by atoms with Gasteiger partial charge in [0.25, 0.3) is 0 Å². The highest BCUT2D eigenvalue weighted by Crippen LogP contribution is 2.04. The van der Waals surface area contributed by atoms with Crippen LogP contribution in [0.4, 0.5) is 4.79 Å². The number of aliphatic hydroxyl groups is 1. The summed E-state index contributed by atoms with van der Waals surface area (Å²) in [7, 11) is 0. The molecule has 1 rings (SSSR count). The Morgan fingerprint density at radius 1 is 1.16 bits per heavy atom. The van der Waals surface area contributed by atoms with Gasteiger partial charge in [-0.05, 0) is 30.4 Å². The summed E-state index contributed by atoms with van der Waals surface area (Å²) in [6, 6.07) is 7.92. The van der Waals surface area contributed by atoms with Gasteiger partial charge in [0.15, 0.2) is 0 Å². The van der Waals surface area contributed by atoms with Crippen LogP contribution in [0.2, 0.25) is 0 Å². The smallest absolute Gasteiger partial charge is 0.315 e. The molecule has 0 bridgehead atoms. The second-order valence-electron chi connectivity index (χ2n) is 4.64. The van der Waals surface area contributed by atoms with E-state index in [1.807, 2.05) is 24.3 Å². The van der Waals surface area contributed by atoms with Crippen LogP contribution in [0.1, 0.15) is 37.8 Å². The molecule has 0 saturated carbocycles. The van der Waals surface area contributed by atoms with E-state index < -0.39 is 0 Å². The van der Waals surface area contributed by atoms with Crippen molar-refractivity contribution in [3.8, 4) is 0 Å². The number of carbonyl (C=O) groups excluding carboxylic acids is 1. The lowest BCUT2D eigenvalue weighted by molar-refractivity contribution is 0.236. The van der Waals surface area contributed by atoms with Crippen molar-refractivity contribution < 1.29 is 9.90 Å². The highest BCUT2D eigenvalue weighted by atomic mass is 16.3. The Labute approximate surface area is 115 Å². The van der Waals surface area contributed by atoms with Crippen LogP contribution in [0.3, 0.4) is 0 Å². The normalized spacial score (nSPS) is 10.5. The predicted molar refractivity (Wildman–Crippen MR) is 77.0 cm³/mol. The van der Waals surface area contributed by atoms with Crippen LogP contribution in [-0.2, 0) is 13.0 Å². The maximum Gasteiger partial charge on any atom is 0.315 e. The molecule has 106 valence electrons. The molecule has 0 unspecified atom stereocenters. The van der Waals surface area contributed by atoms with Crippen molar-refractivity contribution in [3.63, 3.8) is 0 Å². The van der Waals surface area contributed by atoms with E-state index in [2.05, 4.69) is 24.5 Å². The molecule has 0 aromatic heterocycles. The zero-order valence-electron chi connectivity index (χ0n) is 11.8. The molecular formula is C15H24N2O2. The Hall–Kier alpha value is -1.55. The van der Waals surface area contributed by atoms with E-state index in [1.165, 1.54) is 0 Å². The Balaban J connectivity index is 2.27. The zero-order chi connectivity index (χ0) is 14.1. The highest BCUT2D eigenvalue weighted by Gasteiger charge is 2.06. The van der Waals surface area contributed by atoms with E-state index in [0.717, 1.165) is 30.4 Å². The number of rotatable bonds is 7. The summed E-state index contributed by atoms with van der Waals surface area (Å²) in [6.45, 7) is 4.81. The first-order valence-corrected chi connectivity index (χ1v) is 6.92. The number of urea groups is 1. The Morgan fingerprint density at radius 3 is 2.26 bits per heavy atom. The number of amides is 2. The zero-order valence-corrected chi connectivity index (χ0v) is 11.8. The first-order chi connectivity index (χ1) is 9.19. The number of aliphatic hydroxyl groups excluding tert-OH is 1. The minimum Gasteiger partial charge on any atom is -0.392 e. The minimum absolute atomic E-state index is 0.0658. The SMILES string of the molecule is CCC(CC)NC(=O)NCCc1ccc(CO)cc1. The molecule has 0 radical (unpaired) electrons. The maximum absolute atomic E-state index is 11.6. The molecule has 0 aliphatic carbocycles. The minimum atomic E-state index is -0.0966. The quantitative estimate of drug-likeness (QED) is 0.707. The molecule has 0 saturated heterocycles. The van der Waals surface area contributed by atoms with Gasteiger partial charge in [0, 0.05) is 12.6 Å². The Kier molecular flexibility index (Phi) is 6.97. The van der Waals surface area contributed by atoms with Gasteiger partial charge < -0.3 is 15.7 Å². The van der Waals surface area contributed by atoms with Crippen molar-refractivity contribution in [2.75, 3.05) is 6.54 Å². The van der Waals surface area contributed by atoms with Crippen LogP contribution >= 0.6 is 0 Å². The van der Waals surface area contributed by atoms with Crippen molar-refractivity contribution in [2.45, 2.75) is 45.8 Å². The molecular weight excluding hydrogens is 240 g/mol. The van der Waals surface area contributed by atoms with Gasteiger partial charge in [-0.1, -0.05) is 38.1 Å². The van der Waals surface area contributed by atoms with Gasteiger partial charge in [-0.3, -0.25) is 0 Å². The highest BCUT2D eigenvalue weighted by molar-refractivity contribution is 5.74. The average Bonchev–Trinajstić information content (AvgIpc) is 2.45. The topological polar surface area (TPSA) is 61.4 Å². The number of carbonyl (C=O) groups is 1. The van der Waals surface area contributed by atoms with Crippen LogP contribution in [-0.4, -0.2) is 23.7 Å². The monoisotopic (exact) mass is 264 g/mol. The van der Waals surface area contributed by atoms with E-state index in [0.29, 0.717) is 6.54 Å². The van der Waals surface area contributed by atoms with Crippen molar-refractivity contribution in [3.05, 3.63) is 35.4 Å². The second-order valence-corrected chi connectivity index (χ2v) is 4.64. The van der Waals surface area contributed by atoms with E-state index in [4.69, 9.17) is 5.11 Å². The third-order valence-electron chi connectivity index (χ3n) is 3.23. The fourth-order valence-electron chi connectivity index (χ4n) is 1.86. The van der Waals surface area contributed by atoms with Crippen molar-refractivity contribution in [2.24, 2.45) is 0 Å². The predicted octanol–water partition coefficient (Wildman–Crippen LogP) is 2.21. The second kappa shape index (κ2) is 8.53. The molecule has 0 heterocycles. The first kappa shape index (κ1) is 15.5. The fourth-order valence-corrected chi connectivity index (χ4v) is 1.86. The summed E-state index contributed by atoms with van der Waals surface area (Å²) < 4.78 is 0. The molecule has 1 aromatic rings. The summed E-state index contributed by atoms with van der Waals surface area (Å²) in [5.41, 5.74) is 2.06. The molecule has 0 fully saturated rings. The molecule has 4 nitrogen and oxygen atoms in total. The molecule has 0 aliphatic rings. The molecule has 0 atom stereocenters. The van der Waals surface area contributed by atoms with Gasteiger partial charge in [0.2, 0.25) is 0 Å². The average molecular weight is 264 g/mol. The Bertz CT molecular complexity index is 372. The van der Waals surface area contributed by atoms with E-state index in [-0.39, 0.29) is 18.7 Å². The van der Waals surface area contributed by atoms with Crippen LogP contribution in [0.25, 0.3) is 0 Å². The molecule has 0 aliphatic heterocycles. The summed E-state index contributed by atoms with van der Waals surface area (Å²) in [6.07, 6.45) is 2.70. The summed E-state index contributed by atoms with van der Waals surface area (Å²) in [5.74, 6) is 0. The largest absolute Gasteiger partial charge is 0.392 e. The lowest BCUT2D eigenvalue weighted by Crippen LogP contribution is -2.42. The van der Waals surface area contributed by atoms with Crippen LogP contribution in [0.5, 0.6) is 0 Å². The molecule has 2 amide bonds. The lowest BCUT2D eigenvalue weighted by atomic mass is 10.1. The number of benzene rings is 1. The number of hydrogen-bond donors (Lipinski definition) is 3. The number of nitrogens with one attached hydrogen (secondary N) is 2. The van der Waals surface area contributed by atoms with Gasteiger partial charge >= 0.3 is 6.03 Å². The first-order valence-electron chi connectivity index (χ1n) is 6.92. The van der Waals surface area contributed by atoms with Crippen LogP contribution < -0.4 is 10.6 Å². The third kappa shape index (κ3) is 5.75. The molecule has 0 spiro atoms.